The van der Waals surface area contributed by atoms with Gasteiger partial charge in [-0.05, 0) is 51.4 Å². The number of piperazine rings is 1. The highest BCUT2D eigenvalue weighted by atomic mass is 16.2. The molecule has 4 heterocycles. The van der Waals surface area contributed by atoms with Crippen LogP contribution in [0.5, 0.6) is 0 Å². The van der Waals surface area contributed by atoms with Crippen LogP contribution in [0.1, 0.15) is 36.2 Å². The molecule has 0 unspecified atom stereocenters. The van der Waals surface area contributed by atoms with E-state index in [1.54, 1.807) is 0 Å². The van der Waals surface area contributed by atoms with Crippen molar-refractivity contribution in [2.24, 2.45) is 13.0 Å². The molecule has 0 bridgehead atoms. The lowest BCUT2D eigenvalue weighted by molar-refractivity contribution is -0.139. The molecule has 0 radical (unpaired) electrons. The fourth-order valence-corrected chi connectivity index (χ4v) is 5.10. The van der Waals surface area contributed by atoms with Crippen LogP contribution in [0.25, 0.3) is 0 Å². The van der Waals surface area contributed by atoms with Gasteiger partial charge in [0, 0.05) is 65.1 Å². The van der Waals surface area contributed by atoms with Crippen molar-refractivity contribution in [2.75, 3.05) is 59.4 Å². The van der Waals surface area contributed by atoms with Crippen LogP contribution in [0.3, 0.4) is 0 Å². The Morgan fingerprint density at radius 1 is 0.897 bits per heavy atom. The number of carbonyl (C=O) groups is 2. The predicted molar refractivity (Wildman–Crippen MR) is 113 cm³/mol. The minimum Gasteiger partial charge on any atom is -0.347 e. The number of aryl methyl sites for hydroxylation is 1. The van der Waals surface area contributed by atoms with Crippen LogP contribution < -0.4 is 0 Å². The van der Waals surface area contributed by atoms with Gasteiger partial charge >= 0.3 is 0 Å². The first-order valence-electron chi connectivity index (χ1n) is 11.1. The minimum absolute atomic E-state index is 0.137. The summed E-state index contributed by atoms with van der Waals surface area (Å²) < 4.78 is 1.90. The number of aromatic nitrogens is 1. The lowest BCUT2D eigenvalue weighted by atomic mass is 9.92. The highest BCUT2D eigenvalue weighted by molar-refractivity contribution is 5.92. The largest absolute Gasteiger partial charge is 0.347 e. The predicted octanol–water partition coefficient (Wildman–Crippen LogP) is 1.12. The molecule has 3 saturated heterocycles. The monoisotopic (exact) mass is 401 g/mol. The molecule has 0 saturated carbocycles. The average molecular weight is 402 g/mol. The van der Waals surface area contributed by atoms with Gasteiger partial charge in [0.2, 0.25) is 5.91 Å². The molecule has 3 aliphatic rings. The van der Waals surface area contributed by atoms with Gasteiger partial charge in [0.1, 0.15) is 5.69 Å². The number of rotatable bonds is 3. The Labute approximate surface area is 174 Å². The third-order valence-corrected chi connectivity index (χ3v) is 7.05. The molecule has 3 fully saturated rings. The Hall–Kier alpha value is -1.86. The van der Waals surface area contributed by atoms with Crippen molar-refractivity contribution in [3.8, 4) is 0 Å². The molecule has 3 aliphatic heterocycles. The molecule has 1 atom stereocenters. The third-order valence-electron chi connectivity index (χ3n) is 7.05. The minimum atomic E-state index is 0.137. The molecule has 1 aromatic rings. The SMILES string of the molecule is CN1CCN(C(=O)[C@@H]2CCCN(C3CCN(C(=O)c4cccn4C)CC3)C2)CC1. The summed E-state index contributed by atoms with van der Waals surface area (Å²) in [7, 11) is 4.05. The van der Waals surface area contributed by atoms with E-state index in [0.717, 1.165) is 83.7 Å². The molecule has 0 spiro atoms. The second-order valence-electron chi connectivity index (χ2n) is 8.99. The highest BCUT2D eigenvalue weighted by Crippen LogP contribution is 2.26. The van der Waals surface area contributed by atoms with Crippen LogP contribution in [0.4, 0.5) is 0 Å². The maximum absolute atomic E-state index is 13.0. The fourth-order valence-electron chi connectivity index (χ4n) is 5.10. The van der Waals surface area contributed by atoms with Crippen LogP contribution in [-0.2, 0) is 11.8 Å². The summed E-state index contributed by atoms with van der Waals surface area (Å²) in [6.45, 7) is 7.29. The smallest absolute Gasteiger partial charge is 0.270 e. The number of hydrogen-bond acceptors (Lipinski definition) is 4. The number of hydrogen-bond donors (Lipinski definition) is 0. The molecule has 160 valence electrons. The number of carbonyl (C=O) groups excluding carboxylic acids is 2. The summed E-state index contributed by atoms with van der Waals surface area (Å²) in [4.78, 5) is 34.7. The van der Waals surface area contributed by atoms with Gasteiger partial charge in [0.15, 0.2) is 0 Å². The van der Waals surface area contributed by atoms with Gasteiger partial charge in [-0.3, -0.25) is 14.5 Å². The van der Waals surface area contributed by atoms with Crippen LogP contribution in [0, 0.1) is 5.92 Å². The second-order valence-corrected chi connectivity index (χ2v) is 8.99. The van der Waals surface area contributed by atoms with Gasteiger partial charge in [-0.2, -0.15) is 0 Å². The number of nitrogens with zero attached hydrogens (tertiary/aromatic N) is 5. The summed E-state index contributed by atoms with van der Waals surface area (Å²) in [6, 6.07) is 4.31. The molecule has 1 aromatic heterocycles. The van der Waals surface area contributed by atoms with Crippen LogP contribution >= 0.6 is 0 Å². The first-order chi connectivity index (χ1) is 14.0. The Kier molecular flexibility index (Phi) is 6.25. The number of likely N-dealkylation sites (tertiary alicyclic amines) is 2. The van der Waals surface area contributed by atoms with Crippen molar-refractivity contribution in [2.45, 2.75) is 31.7 Å². The normalized spacial score (nSPS) is 25.4. The fraction of sp³-hybridized carbons (Fsp3) is 0.727. The van der Waals surface area contributed by atoms with Gasteiger partial charge in [-0.1, -0.05) is 0 Å². The zero-order valence-corrected chi connectivity index (χ0v) is 17.9. The maximum Gasteiger partial charge on any atom is 0.270 e. The van der Waals surface area contributed by atoms with E-state index in [9.17, 15) is 9.59 Å². The first-order valence-corrected chi connectivity index (χ1v) is 11.1. The molecule has 0 aromatic carbocycles. The number of piperidine rings is 2. The van der Waals surface area contributed by atoms with Crippen molar-refractivity contribution in [1.82, 2.24) is 24.2 Å². The standard InChI is InChI=1S/C22H35N5O2/c1-23-13-15-26(16-14-23)21(28)18-5-3-10-27(17-18)19-7-11-25(12-8-19)22(29)20-6-4-9-24(20)2/h4,6,9,18-19H,3,5,7-8,10-17H2,1-2H3/t18-/m1/s1. The molecule has 0 aliphatic carbocycles. The Balaban J connectivity index is 1.29. The van der Waals surface area contributed by atoms with E-state index in [2.05, 4.69) is 21.7 Å². The van der Waals surface area contributed by atoms with Gasteiger partial charge in [-0.15, -0.1) is 0 Å². The molecular weight excluding hydrogens is 366 g/mol. The van der Waals surface area contributed by atoms with E-state index < -0.39 is 0 Å². The maximum atomic E-state index is 13.0. The topological polar surface area (TPSA) is 52.0 Å². The van der Waals surface area contributed by atoms with Crippen LogP contribution in [0.2, 0.25) is 0 Å². The summed E-state index contributed by atoms with van der Waals surface area (Å²) >= 11 is 0. The van der Waals surface area contributed by atoms with Crippen molar-refractivity contribution in [3.63, 3.8) is 0 Å². The Morgan fingerprint density at radius 2 is 1.62 bits per heavy atom. The van der Waals surface area contributed by atoms with Gasteiger partial charge in [0.05, 0.1) is 5.92 Å². The zero-order valence-electron chi connectivity index (χ0n) is 17.9. The van der Waals surface area contributed by atoms with Crippen molar-refractivity contribution in [1.29, 1.82) is 0 Å². The van der Waals surface area contributed by atoms with Gasteiger partial charge in [-0.25, -0.2) is 0 Å². The van der Waals surface area contributed by atoms with Crippen molar-refractivity contribution >= 4 is 11.8 Å². The van der Waals surface area contributed by atoms with Crippen molar-refractivity contribution < 1.29 is 9.59 Å². The summed E-state index contributed by atoms with van der Waals surface area (Å²) in [6.07, 6.45) is 6.06. The molecule has 29 heavy (non-hydrogen) atoms. The van der Waals surface area contributed by atoms with Crippen LogP contribution in [0.15, 0.2) is 18.3 Å². The lowest BCUT2D eigenvalue weighted by Gasteiger charge is -2.43. The molecule has 7 heteroatoms. The Bertz CT molecular complexity index is 717. The first kappa shape index (κ1) is 20.4. The molecule has 7 nitrogen and oxygen atoms in total. The second kappa shape index (κ2) is 8.88. The third kappa shape index (κ3) is 4.51. The molecular formula is C22H35N5O2. The molecule has 2 amide bonds. The van der Waals surface area contributed by atoms with E-state index in [1.165, 1.54) is 0 Å². The van der Waals surface area contributed by atoms with E-state index in [0.29, 0.717) is 11.9 Å². The lowest BCUT2D eigenvalue weighted by Crippen LogP contribution is -2.54. The summed E-state index contributed by atoms with van der Waals surface area (Å²) in [5.74, 6) is 0.645. The summed E-state index contributed by atoms with van der Waals surface area (Å²) in [5.41, 5.74) is 0.763. The van der Waals surface area contributed by atoms with Crippen LogP contribution in [-0.4, -0.2) is 101 Å². The van der Waals surface area contributed by atoms with E-state index in [4.69, 9.17) is 0 Å². The van der Waals surface area contributed by atoms with E-state index in [1.807, 2.05) is 34.8 Å². The quantitative estimate of drug-likeness (QED) is 0.762. The number of likely N-dealkylation sites (N-methyl/N-ethyl adjacent to an activating group) is 1. The van der Waals surface area contributed by atoms with E-state index >= 15 is 0 Å². The molecule has 4 rings (SSSR count). The summed E-state index contributed by atoms with van der Waals surface area (Å²) in [5, 5.41) is 0. The van der Waals surface area contributed by atoms with Crippen molar-refractivity contribution in [3.05, 3.63) is 24.0 Å². The Morgan fingerprint density at radius 3 is 2.28 bits per heavy atom. The number of amides is 2. The van der Waals surface area contributed by atoms with Gasteiger partial charge in [0.25, 0.3) is 5.91 Å². The van der Waals surface area contributed by atoms with E-state index in [-0.39, 0.29) is 11.8 Å². The highest BCUT2D eigenvalue weighted by Gasteiger charge is 2.35. The van der Waals surface area contributed by atoms with Gasteiger partial charge < -0.3 is 19.3 Å². The zero-order chi connectivity index (χ0) is 20.4. The average Bonchev–Trinajstić information content (AvgIpc) is 3.19. The molecule has 0 N–H and O–H groups in total.